The Kier molecular flexibility index (Phi) is 5.29. The fraction of sp³-hybridized carbons (Fsp3) is 0.316. The molecule has 0 fully saturated rings. The molecule has 0 amide bonds. The van der Waals surface area contributed by atoms with Gasteiger partial charge in [-0.1, -0.05) is 61.5 Å². The molecule has 2 aromatic rings. The molecule has 2 rings (SSSR count). The molecule has 0 aromatic heterocycles. The van der Waals surface area contributed by atoms with Gasteiger partial charge in [0.2, 0.25) is 0 Å². The quantitative estimate of drug-likeness (QED) is 0.743. The van der Waals surface area contributed by atoms with E-state index in [0.29, 0.717) is 0 Å². The second kappa shape index (κ2) is 7.19. The highest BCUT2D eigenvalue weighted by molar-refractivity contribution is 6.00. The van der Waals surface area contributed by atoms with Gasteiger partial charge in [-0.05, 0) is 31.5 Å². The normalized spacial score (nSPS) is 12.4. The van der Waals surface area contributed by atoms with Gasteiger partial charge in [0.05, 0.1) is 6.04 Å². The molecule has 0 heterocycles. The molecular weight excluding hydrogens is 258 g/mol. The lowest BCUT2D eigenvalue weighted by Gasteiger charge is -2.26. The molecule has 2 nitrogen and oxygen atoms in total. The Morgan fingerprint density at radius 2 is 1.67 bits per heavy atom. The van der Waals surface area contributed by atoms with E-state index in [1.54, 1.807) is 0 Å². The number of rotatable bonds is 6. The average Bonchev–Trinajstić information content (AvgIpc) is 2.51. The maximum absolute atomic E-state index is 12.7. The van der Waals surface area contributed by atoms with E-state index in [1.807, 2.05) is 43.4 Å². The number of aryl methyl sites for hydroxylation is 1. The minimum Gasteiger partial charge on any atom is -0.292 e. The van der Waals surface area contributed by atoms with Gasteiger partial charge in [0.25, 0.3) is 0 Å². The minimum atomic E-state index is -0.0768. The van der Waals surface area contributed by atoms with E-state index < -0.39 is 0 Å². The van der Waals surface area contributed by atoms with Crippen molar-refractivity contribution in [2.45, 2.75) is 32.9 Å². The molecule has 110 valence electrons. The molecule has 0 saturated carbocycles. The minimum absolute atomic E-state index is 0.0768. The maximum atomic E-state index is 12.7. The summed E-state index contributed by atoms with van der Waals surface area (Å²) in [7, 11) is 2.03. The Labute approximate surface area is 127 Å². The summed E-state index contributed by atoms with van der Waals surface area (Å²) >= 11 is 0. The maximum Gasteiger partial charge on any atom is 0.179 e. The molecule has 0 saturated heterocycles. The highest BCUT2D eigenvalue weighted by Gasteiger charge is 2.22. The van der Waals surface area contributed by atoms with Crippen LogP contribution in [-0.2, 0) is 6.54 Å². The molecule has 0 aliphatic carbocycles. The van der Waals surface area contributed by atoms with E-state index in [-0.39, 0.29) is 11.8 Å². The van der Waals surface area contributed by atoms with Gasteiger partial charge in [-0.3, -0.25) is 9.69 Å². The van der Waals surface area contributed by atoms with Gasteiger partial charge in [0.1, 0.15) is 0 Å². The van der Waals surface area contributed by atoms with Crippen molar-refractivity contribution in [1.82, 2.24) is 4.90 Å². The SMILES string of the molecule is CCC(C(=O)c1ccccc1)N(C)Cc1ccccc1C. The summed E-state index contributed by atoms with van der Waals surface area (Å²) in [5, 5.41) is 0. The van der Waals surface area contributed by atoms with Crippen molar-refractivity contribution in [1.29, 1.82) is 0 Å². The topological polar surface area (TPSA) is 20.3 Å². The Hall–Kier alpha value is -1.93. The van der Waals surface area contributed by atoms with Gasteiger partial charge in [-0.15, -0.1) is 0 Å². The van der Waals surface area contributed by atoms with E-state index >= 15 is 0 Å². The van der Waals surface area contributed by atoms with Gasteiger partial charge >= 0.3 is 0 Å². The van der Waals surface area contributed by atoms with Crippen LogP contribution in [0.4, 0.5) is 0 Å². The lowest BCUT2D eigenvalue weighted by molar-refractivity contribution is 0.0838. The standard InChI is InChI=1S/C19H23NO/c1-4-18(19(21)16-11-6-5-7-12-16)20(3)14-17-13-9-8-10-15(17)2/h5-13,18H,4,14H2,1-3H3. The zero-order valence-electron chi connectivity index (χ0n) is 13.0. The zero-order chi connectivity index (χ0) is 15.2. The van der Waals surface area contributed by atoms with Gasteiger partial charge < -0.3 is 0 Å². The first kappa shape index (κ1) is 15.5. The first-order chi connectivity index (χ1) is 10.1. The number of nitrogens with zero attached hydrogens (tertiary/aromatic N) is 1. The van der Waals surface area contributed by atoms with Crippen LogP contribution in [0.5, 0.6) is 0 Å². The first-order valence-electron chi connectivity index (χ1n) is 7.47. The molecule has 2 heteroatoms. The van der Waals surface area contributed by atoms with Crippen molar-refractivity contribution in [3.63, 3.8) is 0 Å². The molecule has 1 unspecified atom stereocenters. The van der Waals surface area contributed by atoms with Crippen molar-refractivity contribution >= 4 is 5.78 Å². The molecule has 0 radical (unpaired) electrons. The Bertz CT molecular complexity index is 592. The highest BCUT2D eigenvalue weighted by atomic mass is 16.1. The number of carbonyl (C=O) groups is 1. The van der Waals surface area contributed by atoms with Crippen molar-refractivity contribution in [2.75, 3.05) is 7.05 Å². The van der Waals surface area contributed by atoms with Crippen LogP contribution in [0.2, 0.25) is 0 Å². The smallest absolute Gasteiger partial charge is 0.179 e. The van der Waals surface area contributed by atoms with Crippen LogP contribution >= 0.6 is 0 Å². The van der Waals surface area contributed by atoms with E-state index in [9.17, 15) is 4.79 Å². The molecular formula is C19H23NO. The van der Waals surface area contributed by atoms with E-state index in [2.05, 4.69) is 36.9 Å². The summed E-state index contributed by atoms with van der Waals surface area (Å²) in [4.78, 5) is 14.8. The Balaban J connectivity index is 2.14. The van der Waals surface area contributed by atoms with Crippen LogP contribution in [0.1, 0.15) is 34.8 Å². The average molecular weight is 281 g/mol. The molecule has 2 aromatic carbocycles. The van der Waals surface area contributed by atoms with Crippen LogP contribution in [0.3, 0.4) is 0 Å². The van der Waals surface area contributed by atoms with Crippen LogP contribution in [0.25, 0.3) is 0 Å². The van der Waals surface area contributed by atoms with E-state index in [1.165, 1.54) is 11.1 Å². The third-order valence-corrected chi connectivity index (χ3v) is 3.96. The van der Waals surface area contributed by atoms with Crippen LogP contribution < -0.4 is 0 Å². The molecule has 0 aliphatic rings. The van der Waals surface area contributed by atoms with Gasteiger partial charge in [0.15, 0.2) is 5.78 Å². The summed E-state index contributed by atoms with van der Waals surface area (Å²) in [6.45, 7) is 4.98. The lowest BCUT2D eigenvalue weighted by Crippen LogP contribution is -2.37. The van der Waals surface area contributed by atoms with E-state index in [4.69, 9.17) is 0 Å². The fourth-order valence-corrected chi connectivity index (χ4v) is 2.66. The number of benzene rings is 2. The molecule has 0 N–H and O–H groups in total. The van der Waals surface area contributed by atoms with Crippen molar-refractivity contribution < 1.29 is 4.79 Å². The van der Waals surface area contributed by atoms with Crippen molar-refractivity contribution in [2.24, 2.45) is 0 Å². The second-order valence-corrected chi connectivity index (χ2v) is 5.50. The third kappa shape index (κ3) is 3.79. The largest absolute Gasteiger partial charge is 0.292 e. The van der Waals surface area contributed by atoms with Crippen molar-refractivity contribution in [3.8, 4) is 0 Å². The zero-order valence-corrected chi connectivity index (χ0v) is 13.0. The first-order valence-corrected chi connectivity index (χ1v) is 7.47. The van der Waals surface area contributed by atoms with Gasteiger partial charge in [0, 0.05) is 12.1 Å². The summed E-state index contributed by atoms with van der Waals surface area (Å²) in [6, 6.07) is 17.8. The summed E-state index contributed by atoms with van der Waals surface area (Å²) < 4.78 is 0. The Morgan fingerprint density at radius 3 is 2.29 bits per heavy atom. The predicted molar refractivity (Wildman–Crippen MR) is 87.5 cm³/mol. The molecule has 21 heavy (non-hydrogen) atoms. The summed E-state index contributed by atoms with van der Waals surface area (Å²) in [5.41, 5.74) is 3.34. The number of carbonyl (C=O) groups excluding carboxylic acids is 1. The Morgan fingerprint density at radius 1 is 1.05 bits per heavy atom. The second-order valence-electron chi connectivity index (χ2n) is 5.50. The summed E-state index contributed by atoms with van der Waals surface area (Å²) in [5.74, 6) is 0.203. The predicted octanol–water partition coefficient (Wildman–Crippen LogP) is 4.09. The lowest BCUT2D eigenvalue weighted by atomic mass is 10.00. The fourth-order valence-electron chi connectivity index (χ4n) is 2.66. The number of hydrogen-bond donors (Lipinski definition) is 0. The summed E-state index contributed by atoms with van der Waals surface area (Å²) in [6.07, 6.45) is 0.816. The number of ketones is 1. The number of Topliss-reactive ketones (excluding diaryl/α,β-unsaturated/α-hetero) is 1. The van der Waals surface area contributed by atoms with Gasteiger partial charge in [-0.25, -0.2) is 0 Å². The molecule has 0 aliphatic heterocycles. The number of hydrogen-bond acceptors (Lipinski definition) is 2. The highest BCUT2D eigenvalue weighted by Crippen LogP contribution is 2.16. The van der Waals surface area contributed by atoms with E-state index in [0.717, 1.165) is 18.5 Å². The van der Waals surface area contributed by atoms with Crippen LogP contribution in [0.15, 0.2) is 54.6 Å². The third-order valence-electron chi connectivity index (χ3n) is 3.96. The monoisotopic (exact) mass is 281 g/mol. The molecule has 1 atom stereocenters. The van der Waals surface area contributed by atoms with Crippen molar-refractivity contribution in [3.05, 3.63) is 71.3 Å². The molecule has 0 bridgehead atoms. The van der Waals surface area contributed by atoms with Gasteiger partial charge in [-0.2, -0.15) is 0 Å². The molecule has 0 spiro atoms. The number of likely N-dealkylation sites (N-methyl/N-ethyl adjacent to an activating group) is 1. The van der Waals surface area contributed by atoms with Crippen LogP contribution in [0, 0.1) is 6.92 Å². The van der Waals surface area contributed by atoms with Crippen LogP contribution in [-0.4, -0.2) is 23.8 Å².